The van der Waals surface area contributed by atoms with Crippen molar-refractivity contribution in [2.75, 3.05) is 18.6 Å². The third-order valence-electron chi connectivity index (χ3n) is 4.88. The van der Waals surface area contributed by atoms with Crippen molar-refractivity contribution in [2.24, 2.45) is 5.92 Å². The molecule has 2 aliphatic rings. The van der Waals surface area contributed by atoms with E-state index in [-0.39, 0.29) is 24.4 Å². The quantitative estimate of drug-likeness (QED) is 0.815. The number of anilines is 1. The Labute approximate surface area is 150 Å². The van der Waals surface area contributed by atoms with Gasteiger partial charge in [0.25, 0.3) is 11.8 Å². The molecule has 10 heteroatoms. The summed E-state index contributed by atoms with van der Waals surface area (Å²) in [6, 6.07) is 1.08. The van der Waals surface area contributed by atoms with Gasteiger partial charge in [-0.15, -0.1) is 10.2 Å². The summed E-state index contributed by atoms with van der Waals surface area (Å²) in [5.41, 5.74) is 0. The lowest BCUT2D eigenvalue weighted by atomic mass is 10.0. The zero-order valence-corrected chi connectivity index (χ0v) is 14.9. The molecule has 138 valence electrons. The Morgan fingerprint density at radius 3 is 3.00 bits per heavy atom. The molecule has 10 nitrogen and oxygen atoms in total. The van der Waals surface area contributed by atoms with E-state index < -0.39 is 11.9 Å². The predicted octanol–water partition coefficient (Wildman–Crippen LogP) is -0.178. The summed E-state index contributed by atoms with van der Waals surface area (Å²) in [4.78, 5) is 37.7. The van der Waals surface area contributed by atoms with E-state index in [1.165, 1.54) is 9.75 Å². The van der Waals surface area contributed by atoms with Crippen molar-refractivity contribution in [3.63, 3.8) is 0 Å². The van der Waals surface area contributed by atoms with E-state index in [4.69, 9.17) is 4.84 Å². The average molecular weight is 359 g/mol. The van der Waals surface area contributed by atoms with E-state index in [0.717, 1.165) is 18.7 Å². The molecule has 0 unspecified atom stereocenters. The summed E-state index contributed by atoms with van der Waals surface area (Å²) >= 11 is 0. The summed E-state index contributed by atoms with van der Waals surface area (Å²) in [5, 5.41) is 11.0. The lowest BCUT2D eigenvalue weighted by molar-refractivity contribution is -0.120. The normalized spacial score (nSPS) is 22.0. The highest BCUT2D eigenvalue weighted by molar-refractivity contribution is 6.00. The van der Waals surface area contributed by atoms with E-state index in [1.807, 2.05) is 4.68 Å². The number of hydrogen-bond acceptors (Lipinski definition) is 6. The number of nitrogens with zero attached hydrogens (tertiary/aromatic N) is 6. The first-order chi connectivity index (χ1) is 12.5. The molecule has 4 heterocycles. The minimum atomic E-state index is -0.839. The molecule has 2 aromatic rings. The monoisotopic (exact) mass is 359 g/mol. The Morgan fingerprint density at radius 2 is 2.23 bits per heavy atom. The van der Waals surface area contributed by atoms with Crippen LogP contribution < -0.4 is 15.1 Å². The van der Waals surface area contributed by atoms with Crippen LogP contribution in [0.3, 0.4) is 0 Å². The minimum absolute atomic E-state index is 0.0220. The molecule has 0 radical (unpaired) electrons. The number of likely N-dealkylation sites (N-methyl/N-ethyl adjacent to an activating group) is 1. The van der Waals surface area contributed by atoms with Crippen LogP contribution in [-0.4, -0.2) is 56.2 Å². The standard InChI is InChI=1S/C16H21N7O3/c1-9(2)11-4-5-12-19-14(20-22(11)12)15(24)18-10-8-26-23-13(6-7-17-23)21(3)16(10)25/h6-7,9-11H,4-5,8H2,1-3H3,(H,18,24)/t10-,11+/m0/s1. The van der Waals surface area contributed by atoms with Crippen LogP contribution >= 0.6 is 0 Å². The van der Waals surface area contributed by atoms with E-state index in [1.54, 1.807) is 19.3 Å². The zero-order valence-electron chi connectivity index (χ0n) is 14.9. The molecule has 0 saturated carbocycles. The van der Waals surface area contributed by atoms with E-state index in [9.17, 15) is 9.59 Å². The summed E-state index contributed by atoms with van der Waals surface area (Å²) in [5.74, 6) is 1.05. The average Bonchev–Trinajstić information content (AvgIpc) is 3.29. The molecule has 0 fully saturated rings. The number of fused-ring (bicyclic) bond motifs is 2. The van der Waals surface area contributed by atoms with Crippen LogP contribution in [0.25, 0.3) is 0 Å². The highest BCUT2D eigenvalue weighted by atomic mass is 16.7. The molecule has 0 spiro atoms. The molecule has 2 amide bonds. The molecular weight excluding hydrogens is 338 g/mol. The Bertz CT molecular complexity index is 856. The number of carbonyl (C=O) groups is 2. The molecule has 2 aliphatic heterocycles. The number of hydrogen-bond donors (Lipinski definition) is 1. The molecule has 1 N–H and O–H groups in total. The smallest absolute Gasteiger partial charge is 0.291 e. The number of aromatic nitrogens is 5. The maximum Gasteiger partial charge on any atom is 0.291 e. The third kappa shape index (κ3) is 2.61. The third-order valence-corrected chi connectivity index (χ3v) is 4.88. The van der Waals surface area contributed by atoms with Gasteiger partial charge in [0.05, 0.1) is 12.2 Å². The fraction of sp³-hybridized carbons (Fsp3) is 0.562. The maximum atomic E-state index is 12.6. The van der Waals surface area contributed by atoms with Crippen LogP contribution in [0, 0.1) is 5.92 Å². The number of nitrogens with one attached hydrogen (secondary N) is 1. The van der Waals surface area contributed by atoms with E-state index >= 15 is 0 Å². The van der Waals surface area contributed by atoms with Crippen LogP contribution in [0.2, 0.25) is 0 Å². The molecule has 0 saturated heterocycles. The second-order valence-corrected chi connectivity index (χ2v) is 6.93. The van der Waals surface area contributed by atoms with Crippen molar-refractivity contribution in [3.05, 3.63) is 23.9 Å². The van der Waals surface area contributed by atoms with Crippen LogP contribution in [0.15, 0.2) is 12.3 Å². The molecule has 2 atom stereocenters. The summed E-state index contributed by atoms with van der Waals surface area (Å²) in [6.45, 7) is 4.23. The Kier molecular flexibility index (Phi) is 3.89. The lowest BCUT2D eigenvalue weighted by Crippen LogP contribution is -2.49. The first-order valence-corrected chi connectivity index (χ1v) is 8.67. The van der Waals surface area contributed by atoms with Gasteiger partial charge in [0, 0.05) is 19.5 Å². The summed E-state index contributed by atoms with van der Waals surface area (Å²) in [6.07, 6.45) is 3.33. The zero-order chi connectivity index (χ0) is 18.4. The van der Waals surface area contributed by atoms with Gasteiger partial charge in [-0.1, -0.05) is 18.7 Å². The van der Waals surface area contributed by atoms with Gasteiger partial charge in [-0.25, -0.2) is 9.67 Å². The first kappa shape index (κ1) is 16.6. The lowest BCUT2D eigenvalue weighted by Gasteiger charge is -2.18. The van der Waals surface area contributed by atoms with Gasteiger partial charge < -0.3 is 10.2 Å². The highest BCUT2D eigenvalue weighted by Crippen LogP contribution is 2.30. The molecule has 0 aromatic carbocycles. The Hall–Kier alpha value is -2.91. The van der Waals surface area contributed by atoms with Gasteiger partial charge in [-0.2, -0.15) is 0 Å². The second kappa shape index (κ2) is 6.11. The maximum absolute atomic E-state index is 12.6. The Balaban J connectivity index is 1.50. The van der Waals surface area contributed by atoms with Crippen molar-refractivity contribution < 1.29 is 14.4 Å². The molecule has 0 aliphatic carbocycles. The van der Waals surface area contributed by atoms with Gasteiger partial charge in [-0.05, 0) is 12.3 Å². The molecule has 26 heavy (non-hydrogen) atoms. The number of carbonyl (C=O) groups excluding carboxylic acids is 2. The SMILES string of the molecule is CC(C)[C@H]1CCc2nc(C(=O)N[C@H]3COn4nccc4N(C)C3=O)nn21. The number of aryl methyl sites for hydroxylation is 1. The van der Waals surface area contributed by atoms with E-state index in [2.05, 4.69) is 34.3 Å². The summed E-state index contributed by atoms with van der Waals surface area (Å²) in [7, 11) is 1.61. The van der Waals surface area contributed by atoms with Crippen LogP contribution in [0.1, 0.15) is 42.8 Å². The van der Waals surface area contributed by atoms with Gasteiger partial charge in [0.2, 0.25) is 5.82 Å². The van der Waals surface area contributed by atoms with Crippen molar-refractivity contribution in [3.8, 4) is 0 Å². The van der Waals surface area contributed by atoms with Gasteiger partial charge in [0.15, 0.2) is 5.82 Å². The van der Waals surface area contributed by atoms with Crippen molar-refractivity contribution >= 4 is 17.6 Å². The predicted molar refractivity (Wildman–Crippen MR) is 90.6 cm³/mol. The fourth-order valence-corrected chi connectivity index (χ4v) is 3.42. The van der Waals surface area contributed by atoms with Crippen LogP contribution in [0.4, 0.5) is 5.82 Å². The topological polar surface area (TPSA) is 107 Å². The summed E-state index contributed by atoms with van der Waals surface area (Å²) < 4.78 is 1.84. The second-order valence-electron chi connectivity index (χ2n) is 6.93. The Morgan fingerprint density at radius 1 is 1.42 bits per heavy atom. The van der Waals surface area contributed by atoms with Gasteiger partial charge in [0.1, 0.15) is 18.5 Å². The van der Waals surface area contributed by atoms with Crippen molar-refractivity contribution in [1.29, 1.82) is 0 Å². The van der Waals surface area contributed by atoms with Crippen molar-refractivity contribution in [2.45, 2.75) is 38.8 Å². The van der Waals surface area contributed by atoms with Crippen molar-refractivity contribution in [1.82, 2.24) is 30.0 Å². The molecular formula is C16H21N7O3. The van der Waals surface area contributed by atoms with Gasteiger partial charge in [-0.3, -0.25) is 14.5 Å². The molecule has 2 aromatic heterocycles. The van der Waals surface area contributed by atoms with Gasteiger partial charge >= 0.3 is 0 Å². The molecule has 0 bridgehead atoms. The van der Waals surface area contributed by atoms with E-state index in [0.29, 0.717) is 11.7 Å². The fourth-order valence-electron chi connectivity index (χ4n) is 3.42. The van der Waals surface area contributed by atoms with Crippen LogP contribution in [-0.2, 0) is 11.2 Å². The number of amides is 2. The largest absolute Gasteiger partial charge is 0.392 e. The van der Waals surface area contributed by atoms with Crippen LogP contribution in [0.5, 0.6) is 0 Å². The minimum Gasteiger partial charge on any atom is -0.392 e. The highest BCUT2D eigenvalue weighted by Gasteiger charge is 2.34. The molecule has 4 rings (SSSR count). The number of rotatable bonds is 3. The first-order valence-electron chi connectivity index (χ1n) is 8.67.